The third kappa shape index (κ3) is 1.81. The molecule has 3 fully saturated rings. The highest BCUT2D eigenvalue weighted by Gasteiger charge is 2.46. The van der Waals surface area contributed by atoms with Crippen molar-refractivity contribution < 1.29 is 0 Å². The van der Waals surface area contributed by atoms with Crippen LogP contribution >= 0.6 is 0 Å². The monoisotopic (exact) mass is 221 g/mol. The Balaban J connectivity index is 1.81. The quantitative estimate of drug-likeness (QED) is 0.601. The molecule has 1 saturated heterocycles. The summed E-state index contributed by atoms with van der Waals surface area (Å²) in [7, 11) is 2.43. The summed E-state index contributed by atoms with van der Waals surface area (Å²) in [6, 6.07) is 1.91. The summed E-state index contributed by atoms with van der Waals surface area (Å²) in [5.41, 5.74) is 0. The molecule has 2 saturated carbocycles. The standard InChI is InChI=1S/C15H27N/c1-16-14-10-6-2-4-8-12(14)13-9-5-3-7-11-15(13)16/h12-15H,2-11H2,1H3. The van der Waals surface area contributed by atoms with Gasteiger partial charge in [-0.25, -0.2) is 0 Å². The second kappa shape index (κ2) is 4.68. The molecule has 0 aromatic rings. The maximum Gasteiger partial charge on any atom is 0.0127 e. The highest BCUT2D eigenvalue weighted by Crippen LogP contribution is 2.46. The van der Waals surface area contributed by atoms with E-state index in [4.69, 9.17) is 0 Å². The van der Waals surface area contributed by atoms with Gasteiger partial charge in [0.2, 0.25) is 0 Å². The number of hydrogen-bond acceptors (Lipinski definition) is 1. The van der Waals surface area contributed by atoms with Gasteiger partial charge >= 0.3 is 0 Å². The van der Waals surface area contributed by atoms with Crippen LogP contribution in [0.3, 0.4) is 0 Å². The molecule has 4 unspecified atom stereocenters. The van der Waals surface area contributed by atoms with Crippen LogP contribution in [0, 0.1) is 11.8 Å². The van der Waals surface area contributed by atoms with Gasteiger partial charge in [-0.15, -0.1) is 0 Å². The molecule has 3 rings (SSSR count). The predicted octanol–water partition coefficient (Wildman–Crippen LogP) is 3.83. The van der Waals surface area contributed by atoms with E-state index in [1.165, 1.54) is 64.2 Å². The highest BCUT2D eigenvalue weighted by molar-refractivity contribution is 4.99. The topological polar surface area (TPSA) is 3.24 Å². The Bertz CT molecular complexity index is 214. The van der Waals surface area contributed by atoms with E-state index in [1.54, 1.807) is 0 Å². The van der Waals surface area contributed by atoms with Gasteiger partial charge in [0, 0.05) is 12.1 Å². The van der Waals surface area contributed by atoms with Crippen LogP contribution in [0.15, 0.2) is 0 Å². The zero-order valence-electron chi connectivity index (χ0n) is 10.8. The minimum atomic E-state index is 0.954. The van der Waals surface area contributed by atoms with E-state index in [2.05, 4.69) is 11.9 Å². The van der Waals surface area contributed by atoms with Gasteiger partial charge in [0.25, 0.3) is 0 Å². The molecule has 0 amide bonds. The molecular weight excluding hydrogens is 194 g/mol. The molecule has 3 aliphatic rings. The van der Waals surface area contributed by atoms with E-state index < -0.39 is 0 Å². The molecule has 0 aromatic carbocycles. The SMILES string of the molecule is CN1C2CCCCCC2C2CCCCCC21. The Morgan fingerprint density at radius 3 is 1.56 bits per heavy atom. The molecule has 2 aliphatic carbocycles. The van der Waals surface area contributed by atoms with E-state index in [-0.39, 0.29) is 0 Å². The third-order valence-corrected chi connectivity index (χ3v) is 5.66. The van der Waals surface area contributed by atoms with Crippen LogP contribution in [-0.4, -0.2) is 24.0 Å². The first-order valence-electron chi connectivity index (χ1n) is 7.60. The molecule has 1 heterocycles. The van der Waals surface area contributed by atoms with Gasteiger partial charge in [0.15, 0.2) is 0 Å². The molecular formula is C15H27N. The summed E-state index contributed by atoms with van der Waals surface area (Å²) in [5, 5.41) is 0. The number of hydrogen-bond donors (Lipinski definition) is 0. The molecule has 1 heteroatoms. The largest absolute Gasteiger partial charge is 0.300 e. The summed E-state index contributed by atoms with van der Waals surface area (Å²) in [5.74, 6) is 2.13. The Morgan fingerprint density at radius 2 is 1.06 bits per heavy atom. The van der Waals surface area contributed by atoms with Crippen molar-refractivity contribution >= 4 is 0 Å². The fraction of sp³-hybridized carbons (Fsp3) is 1.00. The second-order valence-corrected chi connectivity index (χ2v) is 6.40. The van der Waals surface area contributed by atoms with E-state index in [0.29, 0.717) is 0 Å². The zero-order chi connectivity index (χ0) is 11.0. The Morgan fingerprint density at radius 1 is 0.625 bits per heavy atom. The molecule has 0 bridgehead atoms. The number of rotatable bonds is 0. The predicted molar refractivity (Wildman–Crippen MR) is 68.5 cm³/mol. The van der Waals surface area contributed by atoms with Crippen LogP contribution in [0.4, 0.5) is 0 Å². The maximum atomic E-state index is 2.80. The molecule has 0 spiro atoms. The Labute approximate surface area is 101 Å². The summed E-state index contributed by atoms with van der Waals surface area (Å²) >= 11 is 0. The Hall–Kier alpha value is -0.0400. The van der Waals surface area contributed by atoms with Gasteiger partial charge in [-0.05, 0) is 44.6 Å². The van der Waals surface area contributed by atoms with E-state index >= 15 is 0 Å². The molecule has 1 aliphatic heterocycles. The lowest BCUT2D eigenvalue weighted by molar-refractivity contribution is 0.202. The van der Waals surface area contributed by atoms with Gasteiger partial charge in [-0.1, -0.05) is 38.5 Å². The van der Waals surface area contributed by atoms with E-state index in [1.807, 2.05) is 0 Å². The molecule has 16 heavy (non-hydrogen) atoms. The lowest BCUT2D eigenvalue weighted by Crippen LogP contribution is -2.34. The number of fused-ring (bicyclic) bond motifs is 3. The zero-order valence-corrected chi connectivity index (χ0v) is 10.8. The van der Waals surface area contributed by atoms with Crippen molar-refractivity contribution in [3.8, 4) is 0 Å². The van der Waals surface area contributed by atoms with Crippen molar-refractivity contribution in [2.24, 2.45) is 11.8 Å². The average Bonchev–Trinajstić information content (AvgIpc) is 2.60. The molecule has 0 radical (unpaired) electrons. The van der Waals surface area contributed by atoms with Crippen molar-refractivity contribution in [3.63, 3.8) is 0 Å². The number of nitrogens with zero attached hydrogens (tertiary/aromatic N) is 1. The van der Waals surface area contributed by atoms with Crippen LogP contribution in [0.2, 0.25) is 0 Å². The van der Waals surface area contributed by atoms with Crippen LogP contribution in [-0.2, 0) is 0 Å². The summed E-state index contributed by atoms with van der Waals surface area (Å²) < 4.78 is 0. The summed E-state index contributed by atoms with van der Waals surface area (Å²) in [6.07, 6.45) is 15.1. The first kappa shape index (κ1) is 11.1. The van der Waals surface area contributed by atoms with Crippen LogP contribution in [0.25, 0.3) is 0 Å². The minimum Gasteiger partial charge on any atom is -0.300 e. The van der Waals surface area contributed by atoms with E-state index in [0.717, 1.165) is 23.9 Å². The van der Waals surface area contributed by atoms with Gasteiger partial charge < -0.3 is 0 Å². The first-order chi connectivity index (χ1) is 7.88. The first-order valence-corrected chi connectivity index (χ1v) is 7.60. The van der Waals surface area contributed by atoms with Gasteiger partial charge in [-0.2, -0.15) is 0 Å². The Kier molecular flexibility index (Phi) is 3.24. The number of likely N-dealkylation sites (tertiary alicyclic amines) is 1. The highest BCUT2D eigenvalue weighted by atomic mass is 15.2. The molecule has 0 aromatic heterocycles. The van der Waals surface area contributed by atoms with Crippen LogP contribution in [0.1, 0.15) is 64.2 Å². The fourth-order valence-electron chi connectivity index (χ4n) is 4.89. The van der Waals surface area contributed by atoms with Crippen LogP contribution < -0.4 is 0 Å². The van der Waals surface area contributed by atoms with Crippen molar-refractivity contribution in [3.05, 3.63) is 0 Å². The summed E-state index contributed by atoms with van der Waals surface area (Å²) in [4.78, 5) is 2.80. The fourth-order valence-corrected chi connectivity index (χ4v) is 4.89. The van der Waals surface area contributed by atoms with E-state index in [9.17, 15) is 0 Å². The van der Waals surface area contributed by atoms with Gasteiger partial charge in [0.1, 0.15) is 0 Å². The maximum absolute atomic E-state index is 2.80. The molecule has 0 N–H and O–H groups in total. The van der Waals surface area contributed by atoms with Crippen molar-refractivity contribution in [1.29, 1.82) is 0 Å². The smallest absolute Gasteiger partial charge is 0.0127 e. The van der Waals surface area contributed by atoms with Crippen molar-refractivity contribution in [1.82, 2.24) is 4.90 Å². The minimum absolute atomic E-state index is 0.954. The average molecular weight is 221 g/mol. The molecule has 1 nitrogen and oxygen atoms in total. The van der Waals surface area contributed by atoms with Gasteiger partial charge in [-0.3, -0.25) is 4.90 Å². The normalized spacial score (nSPS) is 45.6. The van der Waals surface area contributed by atoms with Gasteiger partial charge in [0.05, 0.1) is 0 Å². The van der Waals surface area contributed by atoms with Crippen molar-refractivity contribution in [2.75, 3.05) is 7.05 Å². The molecule has 92 valence electrons. The molecule has 4 atom stereocenters. The van der Waals surface area contributed by atoms with Crippen molar-refractivity contribution in [2.45, 2.75) is 76.3 Å². The lowest BCUT2D eigenvalue weighted by Gasteiger charge is -2.26. The lowest BCUT2D eigenvalue weighted by atomic mass is 9.81. The van der Waals surface area contributed by atoms with Crippen LogP contribution in [0.5, 0.6) is 0 Å². The third-order valence-electron chi connectivity index (χ3n) is 5.66. The second-order valence-electron chi connectivity index (χ2n) is 6.40. The summed E-state index contributed by atoms with van der Waals surface area (Å²) in [6.45, 7) is 0.